The van der Waals surface area contributed by atoms with E-state index in [4.69, 9.17) is 10.1 Å². The molecule has 2 aromatic carbocycles. The van der Waals surface area contributed by atoms with Gasteiger partial charge < -0.3 is 0 Å². The molecule has 4 aromatic rings. The van der Waals surface area contributed by atoms with E-state index in [0.29, 0.717) is 10.5 Å². The summed E-state index contributed by atoms with van der Waals surface area (Å²) in [6.07, 6.45) is 4.35. The third-order valence-corrected chi connectivity index (χ3v) is 7.27. The molecule has 8 heteroatoms. The lowest BCUT2D eigenvalue weighted by molar-refractivity contribution is 0.630. The van der Waals surface area contributed by atoms with Crippen molar-refractivity contribution in [3.63, 3.8) is 0 Å². The summed E-state index contributed by atoms with van der Waals surface area (Å²) in [5, 5.41) is 7.05. The van der Waals surface area contributed by atoms with Crippen molar-refractivity contribution < 1.29 is 0 Å². The zero-order valence-electron chi connectivity index (χ0n) is 18.5. The van der Waals surface area contributed by atoms with Crippen LogP contribution in [0.4, 0.5) is 5.69 Å². The summed E-state index contributed by atoms with van der Waals surface area (Å²) in [5.41, 5.74) is 5.11. The molecule has 0 amide bonds. The standard InChI is InChI=1S/C25H24BrN5OS/c1-17-23(24(32)31(29(17)2)21-13-4-3-5-14-21)27-25-30(28-20-11-6-7-12-20)22(16-33-25)18-9-8-10-19(26)15-18/h3-5,8-10,13-16H,6-7,11-12H2,1-2H3. The molecule has 0 spiro atoms. The zero-order valence-corrected chi connectivity index (χ0v) is 20.9. The van der Waals surface area contributed by atoms with Gasteiger partial charge in [-0.2, -0.15) is 5.10 Å². The Bertz CT molecular complexity index is 1460. The monoisotopic (exact) mass is 521 g/mol. The van der Waals surface area contributed by atoms with E-state index in [1.54, 1.807) is 4.68 Å². The maximum absolute atomic E-state index is 13.4. The third-order valence-electron chi connectivity index (χ3n) is 5.96. The zero-order chi connectivity index (χ0) is 22.9. The molecular weight excluding hydrogens is 498 g/mol. The van der Waals surface area contributed by atoms with E-state index in [0.717, 1.165) is 40.0 Å². The SMILES string of the molecule is Cc1c(N=c2scc(-c3cccc(Br)c3)n2N=C2CCCC2)c(=O)n(-c2ccccc2)n1C. The fraction of sp³-hybridized carbons (Fsp3) is 0.240. The van der Waals surface area contributed by atoms with Gasteiger partial charge in [0, 0.05) is 28.2 Å². The average Bonchev–Trinajstić information content (AvgIpc) is 3.52. The van der Waals surface area contributed by atoms with E-state index < -0.39 is 0 Å². The van der Waals surface area contributed by atoms with Crippen LogP contribution in [0.2, 0.25) is 0 Å². The smallest absolute Gasteiger partial charge is 0.283 e. The fourth-order valence-corrected chi connectivity index (χ4v) is 5.36. The Morgan fingerprint density at radius 3 is 2.52 bits per heavy atom. The molecule has 168 valence electrons. The number of aromatic nitrogens is 3. The largest absolute Gasteiger partial charge is 0.297 e. The second-order valence-electron chi connectivity index (χ2n) is 8.12. The lowest BCUT2D eigenvalue weighted by Crippen LogP contribution is -2.20. The highest BCUT2D eigenvalue weighted by atomic mass is 79.9. The first-order valence-electron chi connectivity index (χ1n) is 10.9. The molecule has 2 aromatic heterocycles. The van der Waals surface area contributed by atoms with E-state index in [1.807, 2.05) is 65.8 Å². The number of nitrogens with zero attached hydrogens (tertiary/aromatic N) is 5. The summed E-state index contributed by atoms with van der Waals surface area (Å²) in [6, 6.07) is 17.8. The molecule has 0 aliphatic heterocycles. The molecule has 2 heterocycles. The van der Waals surface area contributed by atoms with Crippen LogP contribution in [0.15, 0.2) is 79.3 Å². The van der Waals surface area contributed by atoms with Gasteiger partial charge in [-0.15, -0.1) is 11.3 Å². The summed E-state index contributed by atoms with van der Waals surface area (Å²) in [5.74, 6) is 0. The van der Waals surface area contributed by atoms with Crippen LogP contribution >= 0.6 is 27.3 Å². The normalized spacial score (nSPS) is 14.3. The van der Waals surface area contributed by atoms with Gasteiger partial charge in [-0.1, -0.05) is 46.3 Å². The molecule has 1 fully saturated rings. The summed E-state index contributed by atoms with van der Waals surface area (Å²) in [4.78, 5) is 19.0. The van der Waals surface area contributed by atoms with Crippen molar-refractivity contribution in [2.75, 3.05) is 0 Å². The molecule has 5 rings (SSSR count). The van der Waals surface area contributed by atoms with Crippen LogP contribution in [-0.2, 0) is 7.05 Å². The topological polar surface area (TPSA) is 56.6 Å². The van der Waals surface area contributed by atoms with E-state index >= 15 is 0 Å². The first-order chi connectivity index (χ1) is 16.0. The Morgan fingerprint density at radius 2 is 1.79 bits per heavy atom. The summed E-state index contributed by atoms with van der Waals surface area (Å²) in [7, 11) is 1.89. The summed E-state index contributed by atoms with van der Waals surface area (Å²) in [6.45, 7) is 1.93. The van der Waals surface area contributed by atoms with Crippen molar-refractivity contribution in [3.8, 4) is 16.9 Å². The van der Waals surface area contributed by atoms with Crippen LogP contribution in [0, 0.1) is 6.92 Å². The molecule has 6 nitrogen and oxygen atoms in total. The Hall–Kier alpha value is -2.97. The fourth-order valence-electron chi connectivity index (χ4n) is 4.12. The van der Waals surface area contributed by atoms with Gasteiger partial charge in [0.05, 0.1) is 17.1 Å². The predicted molar refractivity (Wildman–Crippen MR) is 138 cm³/mol. The van der Waals surface area contributed by atoms with Crippen molar-refractivity contribution in [1.29, 1.82) is 0 Å². The van der Waals surface area contributed by atoms with Gasteiger partial charge in [0.25, 0.3) is 5.56 Å². The molecular formula is C25H24BrN5OS. The van der Waals surface area contributed by atoms with Crippen LogP contribution in [0.5, 0.6) is 0 Å². The summed E-state index contributed by atoms with van der Waals surface area (Å²) < 4.78 is 6.43. The molecule has 1 saturated carbocycles. The van der Waals surface area contributed by atoms with Crippen molar-refractivity contribution in [1.82, 2.24) is 14.0 Å². The number of hydrogen-bond donors (Lipinski definition) is 0. The minimum Gasteiger partial charge on any atom is -0.283 e. The van der Waals surface area contributed by atoms with Gasteiger partial charge >= 0.3 is 0 Å². The van der Waals surface area contributed by atoms with Gasteiger partial charge in [0.1, 0.15) is 0 Å². The van der Waals surface area contributed by atoms with Crippen molar-refractivity contribution in [2.45, 2.75) is 32.6 Å². The first-order valence-corrected chi connectivity index (χ1v) is 12.6. The second-order valence-corrected chi connectivity index (χ2v) is 9.87. The lowest BCUT2D eigenvalue weighted by atomic mass is 10.2. The maximum atomic E-state index is 13.4. The van der Waals surface area contributed by atoms with Crippen LogP contribution < -0.4 is 10.4 Å². The van der Waals surface area contributed by atoms with Gasteiger partial charge in [-0.05, 0) is 56.9 Å². The van der Waals surface area contributed by atoms with Crippen LogP contribution in [0.3, 0.4) is 0 Å². The minimum absolute atomic E-state index is 0.140. The maximum Gasteiger partial charge on any atom is 0.297 e. The lowest BCUT2D eigenvalue weighted by Gasteiger charge is -2.07. The van der Waals surface area contributed by atoms with Crippen molar-refractivity contribution >= 4 is 38.7 Å². The van der Waals surface area contributed by atoms with Gasteiger partial charge in [-0.25, -0.2) is 14.4 Å². The molecule has 33 heavy (non-hydrogen) atoms. The number of halogens is 1. The quantitative estimate of drug-likeness (QED) is 0.335. The predicted octanol–water partition coefficient (Wildman–Crippen LogP) is 5.79. The highest BCUT2D eigenvalue weighted by molar-refractivity contribution is 9.10. The first kappa shape index (κ1) is 21.9. The highest BCUT2D eigenvalue weighted by Crippen LogP contribution is 2.25. The van der Waals surface area contributed by atoms with Gasteiger partial charge in [-0.3, -0.25) is 9.48 Å². The van der Waals surface area contributed by atoms with E-state index in [-0.39, 0.29) is 5.56 Å². The number of para-hydroxylation sites is 1. The van der Waals surface area contributed by atoms with E-state index in [2.05, 4.69) is 33.4 Å². The second kappa shape index (κ2) is 9.11. The number of rotatable bonds is 4. The van der Waals surface area contributed by atoms with Crippen LogP contribution in [0.25, 0.3) is 16.9 Å². The molecule has 1 aliphatic carbocycles. The number of hydrogen-bond acceptors (Lipinski definition) is 4. The van der Waals surface area contributed by atoms with Crippen LogP contribution in [0.1, 0.15) is 31.4 Å². The van der Waals surface area contributed by atoms with Crippen molar-refractivity contribution in [3.05, 3.63) is 85.3 Å². The molecule has 0 atom stereocenters. The Morgan fingerprint density at radius 1 is 1.03 bits per heavy atom. The van der Waals surface area contributed by atoms with E-state index in [1.165, 1.54) is 29.9 Å². The molecule has 0 radical (unpaired) electrons. The molecule has 0 unspecified atom stereocenters. The Balaban J connectivity index is 1.71. The highest BCUT2D eigenvalue weighted by Gasteiger charge is 2.17. The molecule has 1 aliphatic rings. The Labute approximate surface area is 204 Å². The van der Waals surface area contributed by atoms with Crippen LogP contribution in [-0.4, -0.2) is 19.8 Å². The average molecular weight is 522 g/mol. The number of thiazole rings is 1. The molecule has 0 saturated heterocycles. The number of benzene rings is 2. The molecule has 0 bridgehead atoms. The molecule has 0 N–H and O–H groups in total. The third kappa shape index (κ3) is 4.20. The summed E-state index contributed by atoms with van der Waals surface area (Å²) >= 11 is 5.07. The van der Waals surface area contributed by atoms with E-state index in [9.17, 15) is 4.79 Å². The Kier molecular flexibility index (Phi) is 6.03. The van der Waals surface area contributed by atoms with Crippen molar-refractivity contribution in [2.24, 2.45) is 17.1 Å². The minimum atomic E-state index is -0.140. The van der Waals surface area contributed by atoms with Gasteiger partial charge in [0.2, 0.25) is 4.80 Å². The van der Waals surface area contributed by atoms with Gasteiger partial charge in [0.15, 0.2) is 5.69 Å².